The summed E-state index contributed by atoms with van der Waals surface area (Å²) in [4.78, 5) is 49.4. The molecule has 2 rings (SSSR count). The van der Waals surface area contributed by atoms with Crippen molar-refractivity contribution in [3.63, 3.8) is 0 Å². The van der Waals surface area contributed by atoms with Crippen LogP contribution in [0.3, 0.4) is 0 Å². The fourth-order valence-corrected chi connectivity index (χ4v) is 5.84. The largest absolute Gasteiger partial charge is 0.462 e. The van der Waals surface area contributed by atoms with Crippen LogP contribution in [0.2, 0.25) is 0 Å². The van der Waals surface area contributed by atoms with Gasteiger partial charge in [0.25, 0.3) is 10.7 Å². The SMILES string of the molecule is CC(C)OC(=O)[C@H](C)N[P@](=O)(OCCSC(=O)C(C)(C)C)OC[C@H]1O[C@@H](n2cc(F)c(=O)[nH]c2=O)[C@](F)(Cl)[C@@H]1O. The van der Waals surface area contributed by atoms with E-state index in [2.05, 4.69) is 5.09 Å². The molecule has 0 radical (unpaired) electrons. The number of esters is 1. The first-order valence-electron chi connectivity index (χ1n) is 12.1. The number of nitrogens with zero attached hydrogens (tertiary/aromatic N) is 1. The number of aromatic amines is 1. The van der Waals surface area contributed by atoms with E-state index in [1.54, 1.807) is 39.6 Å². The third kappa shape index (κ3) is 8.92. The number of aromatic nitrogens is 2. The van der Waals surface area contributed by atoms with E-state index in [-0.39, 0.29) is 17.5 Å². The highest BCUT2D eigenvalue weighted by molar-refractivity contribution is 8.13. The lowest BCUT2D eigenvalue weighted by molar-refractivity contribution is -0.149. The van der Waals surface area contributed by atoms with Gasteiger partial charge in [0.1, 0.15) is 18.2 Å². The van der Waals surface area contributed by atoms with Gasteiger partial charge in [0.05, 0.1) is 25.5 Å². The summed E-state index contributed by atoms with van der Waals surface area (Å²) in [7, 11) is -4.42. The van der Waals surface area contributed by atoms with Gasteiger partial charge >= 0.3 is 19.4 Å². The molecule has 1 fully saturated rings. The number of carbonyl (C=O) groups excluding carboxylic acids is 2. The summed E-state index contributed by atoms with van der Waals surface area (Å²) in [5.41, 5.74) is -3.28. The second kappa shape index (κ2) is 13.6. The van der Waals surface area contributed by atoms with Crippen LogP contribution in [-0.2, 0) is 32.7 Å². The molecule has 6 atom stereocenters. The lowest BCUT2D eigenvalue weighted by atomic mass is 10.00. The Bertz CT molecular complexity index is 1240. The molecule has 3 N–H and O–H groups in total. The van der Waals surface area contributed by atoms with Crippen molar-refractivity contribution in [1.82, 2.24) is 14.6 Å². The van der Waals surface area contributed by atoms with Crippen LogP contribution in [0, 0.1) is 11.2 Å². The Morgan fingerprint density at radius 1 is 1.32 bits per heavy atom. The first-order valence-corrected chi connectivity index (χ1v) is 15.0. The average Bonchev–Trinajstić information content (AvgIpc) is 3.05. The summed E-state index contributed by atoms with van der Waals surface area (Å²) >= 11 is 6.71. The summed E-state index contributed by atoms with van der Waals surface area (Å²) in [5.74, 6) is -2.17. The first kappa shape index (κ1) is 34.6. The highest BCUT2D eigenvalue weighted by atomic mass is 35.5. The third-order valence-corrected chi connectivity index (χ3v) is 8.58. The summed E-state index contributed by atoms with van der Waals surface area (Å²) < 4.78 is 63.8. The molecule has 1 aromatic rings. The van der Waals surface area contributed by atoms with Crippen LogP contribution in [0.4, 0.5) is 8.78 Å². The fraction of sp³-hybridized carbons (Fsp3) is 0.727. The van der Waals surface area contributed by atoms with Crippen LogP contribution in [0.5, 0.6) is 0 Å². The Balaban J connectivity index is 2.19. The fourth-order valence-electron chi connectivity index (χ4n) is 3.16. The minimum Gasteiger partial charge on any atom is -0.462 e. The van der Waals surface area contributed by atoms with Crippen LogP contribution in [0.15, 0.2) is 15.8 Å². The number of carbonyl (C=O) groups is 2. The highest BCUT2D eigenvalue weighted by Crippen LogP contribution is 2.48. The van der Waals surface area contributed by atoms with Gasteiger partial charge in [-0.2, -0.15) is 4.39 Å². The molecule has 0 unspecified atom stereocenters. The Morgan fingerprint density at radius 3 is 2.52 bits per heavy atom. The van der Waals surface area contributed by atoms with E-state index >= 15 is 4.39 Å². The zero-order chi connectivity index (χ0) is 30.6. The Labute approximate surface area is 237 Å². The van der Waals surface area contributed by atoms with Gasteiger partial charge in [0, 0.05) is 11.2 Å². The minimum absolute atomic E-state index is 0.0660. The third-order valence-electron chi connectivity index (χ3n) is 5.21. The van der Waals surface area contributed by atoms with E-state index in [1.807, 2.05) is 0 Å². The Kier molecular flexibility index (Phi) is 11.7. The van der Waals surface area contributed by atoms with Crippen molar-refractivity contribution in [2.75, 3.05) is 19.0 Å². The van der Waals surface area contributed by atoms with Crippen molar-refractivity contribution in [3.05, 3.63) is 32.9 Å². The van der Waals surface area contributed by atoms with Gasteiger partial charge in [0.2, 0.25) is 5.82 Å². The number of halogens is 3. The van der Waals surface area contributed by atoms with E-state index in [4.69, 9.17) is 30.1 Å². The molecule has 0 spiro atoms. The van der Waals surface area contributed by atoms with E-state index in [1.165, 1.54) is 6.92 Å². The van der Waals surface area contributed by atoms with E-state index in [0.29, 0.717) is 10.8 Å². The molecule has 1 saturated heterocycles. The molecular weight excluding hydrogens is 603 g/mol. The number of aliphatic hydroxyl groups excluding tert-OH is 1. The van der Waals surface area contributed by atoms with Crippen molar-refractivity contribution in [2.45, 2.75) is 77.3 Å². The van der Waals surface area contributed by atoms with Crippen molar-refractivity contribution < 1.29 is 46.6 Å². The maximum absolute atomic E-state index is 15.2. The van der Waals surface area contributed by atoms with Crippen LogP contribution < -0.4 is 16.3 Å². The van der Waals surface area contributed by atoms with E-state index in [0.717, 1.165) is 11.8 Å². The van der Waals surface area contributed by atoms with Gasteiger partial charge in [-0.1, -0.05) is 44.1 Å². The lowest BCUT2D eigenvalue weighted by Crippen LogP contribution is -2.42. The van der Waals surface area contributed by atoms with Crippen molar-refractivity contribution in [3.8, 4) is 0 Å². The summed E-state index contributed by atoms with van der Waals surface area (Å²) in [6.45, 7) is 8.56. The van der Waals surface area contributed by atoms with Gasteiger partial charge in [-0.3, -0.25) is 33.0 Å². The van der Waals surface area contributed by atoms with Gasteiger partial charge in [0.15, 0.2) is 11.3 Å². The summed E-state index contributed by atoms with van der Waals surface area (Å²) in [6, 6.07) is -1.21. The van der Waals surface area contributed by atoms with Crippen LogP contribution in [-0.4, -0.2) is 74.2 Å². The molecule has 0 saturated carbocycles. The maximum Gasteiger partial charge on any atom is 0.406 e. The average molecular weight is 636 g/mol. The Morgan fingerprint density at radius 2 is 1.95 bits per heavy atom. The maximum atomic E-state index is 15.2. The normalized spacial score (nSPS) is 25.5. The van der Waals surface area contributed by atoms with Crippen LogP contribution in [0.1, 0.15) is 47.8 Å². The smallest absolute Gasteiger partial charge is 0.406 e. The zero-order valence-electron chi connectivity index (χ0n) is 22.6. The number of alkyl halides is 2. The molecule has 1 aromatic heterocycles. The van der Waals surface area contributed by atoms with E-state index < -0.39 is 78.5 Å². The molecule has 0 aromatic carbocycles. The number of ether oxygens (including phenoxy) is 2. The number of thioether (sulfide) groups is 1. The first-order chi connectivity index (χ1) is 18.3. The van der Waals surface area contributed by atoms with Crippen molar-refractivity contribution >= 4 is 42.2 Å². The molecule has 18 heteroatoms. The molecule has 0 aliphatic carbocycles. The second-order valence-corrected chi connectivity index (χ2v) is 13.6. The molecule has 1 aliphatic rings. The number of aliphatic hydroxyl groups is 1. The highest BCUT2D eigenvalue weighted by Gasteiger charge is 2.58. The lowest BCUT2D eigenvalue weighted by Gasteiger charge is -2.25. The summed E-state index contributed by atoms with van der Waals surface area (Å²) in [5, 5.41) is 9.43. The second-order valence-electron chi connectivity index (χ2n) is 10.1. The number of rotatable bonds is 12. The van der Waals surface area contributed by atoms with Gasteiger partial charge < -0.3 is 14.6 Å². The Hall–Kier alpha value is -1.65. The zero-order valence-corrected chi connectivity index (χ0v) is 25.1. The number of H-pyrrole nitrogens is 1. The molecule has 40 heavy (non-hydrogen) atoms. The van der Waals surface area contributed by atoms with Gasteiger partial charge in [-0.05, 0) is 20.8 Å². The molecule has 13 nitrogen and oxygen atoms in total. The molecule has 228 valence electrons. The number of hydrogen-bond donors (Lipinski definition) is 3. The number of nitrogens with one attached hydrogen (secondary N) is 2. The molecule has 0 bridgehead atoms. The monoisotopic (exact) mass is 635 g/mol. The number of hydrogen-bond acceptors (Lipinski definition) is 11. The summed E-state index contributed by atoms with van der Waals surface area (Å²) in [6.07, 6.45) is -6.13. The van der Waals surface area contributed by atoms with Crippen LogP contribution in [0.25, 0.3) is 0 Å². The standard InChI is InChI=1S/C22H33ClF2N3O10PS/c1-11(2)37-17(31)12(3)27-39(34,35-7-8-40-19(32)21(4,5)6)36-10-14-15(29)22(23,25)18(38-14)28-9-13(24)16(30)26-20(28)33/h9,11-12,14-15,18,29H,7-8,10H2,1-6H3,(H,27,34)(H,26,30,33)/t12-,14+,15+,18+,22-,39-/m0/s1. The predicted molar refractivity (Wildman–Crippen MR) is 141 cm³/mol. The van der Waals surface area contributed by atoms with Crippen molar-refractivity contribution in [1.29, 1.82) is 0 Å². The molecule has 0 amide bonds. The topological polar surface area (TPSA) is 175 Å². The predicted octanol–water partition coefficient (Wildman–Crippen LogP) is 2.22. The quantitative estimate of drug-likeness (QED) is 0.132. The molecule has 1 aliphatic heterocycles. The molecular formula is C22H33ClF2N3O10PS. The minimum atomic E-state index is -4.42. The van der Waals surface area contributed by atoms with Crippen LogP contribution >= 0.6 is 31.1 Å². The van der Waals surface area contributed by atoms with Gasteiger partial charge in [-0.25, -0.2) is 18.8 Å². The molecule has 2 heterocycles. The van der Waals surface area contributed by atoms with Crippen molar-refractivity contribution in [2.24, 2.45) is 5.41 Å². The van der Waals surface area contributed by atoms with Gasteiger partial charge in [-0.15, -0.1) is 0 Å². The van der Waals surface area contributed by atoms with E-state index in [9.17, 15) is 33.2 Å².